The average molecular weight is 653 g/mol. The first-order valence-corrected chi connectivity index (χ1v) is 18.0. The van der Waals surface area contributed by atoms with E-state index in [1.807, 2.05) is 0 Å². The molecule has 9 nitrogen and oxygen atoms in total. The predicted octanol–water partition coefficient (Wildman–Crippen LogP) is 6.42. The van der Waals surface area contributed by atoms with E-state index in [-0.39, 0.29) is 30.0 Å². The average Bonchev–Trinajstić information content (AvgIpc) is 2.93. The number of halogens is 5. The normalized spacial score (nSPS) is 12.9. The number of rotatable bonds is 12. The molecule has 1 N–H and O–H groups in total. The second-order valence-electron chi connectivity index (χ2n) is 11.7. The molecule has 0 aliphatic heterocycles. The largest absolute Gasteiger partial charge is 0.423 e. The van der Waals surface area contributed by atoms with Gasteiger partial charge in [-0.25, -0.2) is 19.0 Å². The number of hydrogen-bond donors (Lipinski definition) is 1. The quantitative estimate of drug-likeness (QED) is 0.107. The third-order valence-corrected chi connectivity index (χ3v) is 8.80. The summed E-state index contributed by atoms with van der Waals surface area (Å²) in [4.78, 5) is 33.8. The van der Waals surface area contributed by atoms with Crippen LogP contribution in [0.4, 0.5) is 23.2 Å². The fourth-order valence-corrected chi connectivity index (χ4v) is 5.36. The second kappa shape index (κ2) is 13.6. The van der Waals surface area contributed by atoms with Crippen LogP contribution in [0.2, 0.25) is 30.7 Å². The van der Waals surface area contributed by atoms with Crippen LogP contribution in [0.1, 0.15) is 25.3 Å². The smallest absolute Gasteiger partial charge is 0.381 e. The van der Waals surface area contributed by atoms with Crippen molar-refractivity contribution in [3.63, 3.8) is 0 Å². The molecule has 0 spiro atoms. The zero-order chi connectivity index (χ0) is 32.2. The van der Waals surface area contributed by atoms with Crippen molar-refractivity contribution in [2.24, 2.45) is 0 Å². The highest BCUT2D eigenvalue weighted by molar-refractivity contribution is 6.76. The van der Waals surface area contributed by atoms with Crippen LogP contribution >= 0.6 is 11.6 Å². The number of aromatic nitrogens is 5. The first-order chi connectivity index (χ1) is 20.6. The maximum atomic E-state index is 14.9. The molecule has 1 aromatic carbocycles. The third kappa shape index (κ3) is 8.30. The van der Waals surface area contributed by atoms with Crippen LogP contribution in [0.15, 0.2) is 52.6 Å². The topological polar surface area (TPSA) is 104 Å². The second-order valence-corrected chi connectivity index (χ2v) is 17.8. The maximum absolute atomic E-state index is 14.9. The lowest BCUT2D eigenvalue weighted by atomic mass is 10.1. The molecule has 4 aromatic rings. The number of ether oxygens (including phenoxy) is 1. The van der Waals surface area contributed by atoms with Crippen LogP contribution in [-0.2, 0) is 24.2 Å². The van der Waals surface area contributed by atoms with Crippen molar-refractivity contribution in [2.75, 3.05) is 11.9 Å². The Kier molecular flexibility index (Phi) is 10.3. The Morgan fingerprint density at radius 3 is 2.45 bits per heavy atom. The SMILES string of the molecule is CC(CCCn1ccc2cc(-c3ncc(Cl)cn3)c(F)cc2c1=O)Nc1cnn(COCC[Si](C)(C)C)c(=O)c1C(F)(F)F. The first-order valence-electron chi connectivity index (χ1n) is 14.0. The molecular formula is C29H33ClF4N6O3Si. The molecule has 0 saturated carbocycles. The molecule has 0 aliphatic carbocycles. The van der Waals surface area contributed by atoms with Crippen LogP contribution in [0.25, 0.3) is 22.2 Å². The van der Waals surface area contributed by atoms with Gasteiger partial charge >= 0.3 is 6.18 Å². The van der Waals surface area contributed by atoms with E-state index in [2.05, 4.69) is 40.0 Å². The fourth-order valence-electron chi connectivity index (χ4n) is 4.50. The van der Waals surface area contributed by atoms with Gasteiger partial charge in [-0.15, -0.1) is 0 Å². The van der Waals surface area contributed by atoms with Crippen LogP contribution in [-0.4, -0.2) is 45.0 Å². The monoisotopic (exact) mass is 652 g/mol. The summed E-state index contributed by atoms with van der Waals surface area (Å²) >= 11 is 5.81. The molecule has 15 heteroatoms. The summed E-state index contributed by atoms with van der Waals surface area (Å²) in [6.45, 7) is 8.29. The molecule has 4 rings (SSSR count). The van der Waals surface area contributed by atoms with Crippen LogP contribution in [0.5, 0.6) is 0 Å². The van der Waals surface area contributed by atoms with Crippen molar-refractivity contribution in [3.8, 4) is 11.4 Å². The molecule has 3 aromatic heterocycles. The Morgan fingerprint density at radius 1 is 1.09 bits per heavy atom. The van der Waals surface area contributed by atoms with Gasteiger partial charge in [0.25, 0.3) is 11.1 Å². The molecule has 0 aliphatic rings. The van der Waals surface area contributed by atoms with E-state index in [1.54, 1.807) is 19.2 Å². The van der Waals surface area contributed by atoms with Gasteiger partial charge in [-0.05, 0) is 49.4 Å². The molecule has 0 amide bonds. The van der Waals surface area contributed by atoms with Crippen LogP contribution < -0.4 is 16.4 Å². The Hall–Kier alpha value is -3.62. The Bertz CT molecular complexity index is 1740. The molecular weight excluding hydrogens is 620 g/mol. The van der Waals surface area contributed by atoms with Crippen molar-refractivity contribution < 1.29 is 22.3 Å². The van der Waals surface area contributed by atoms with E-state index < -0.39 is 48.5 Å². The number of alkyl halides is 3. The minimum atomic E-state index is -4.91. The molecule has 3 heterocycles. The highest BCUT2D eigenvalue weighted by Gasteiger charge is 2.38. The van der Waals surface area contributed by atoms with E-state index in [1.165, 1.54) is 23.0 Å². The summed E-state index contributed by atoms with van der Waals surface area (Å²) in [6.07, 6.45) is 1.12. The summed E-state index contributed by atoms with van der Waals surface area (Å²) in [5.41, 5.74) is -3.34. The summed E-state index contributed by atoms with van der Waals surface area (Å²) in [7, 11) is -1.41. The molecule has 0 radical (unpaired) electrons. The van der Waals surface area contributed by atoms with Gasteiger partial charge in [0.15, 0.2) is 5.82 Å². The lowest BCUT2D eigenvalue weighted by Crippen LogP contribution is -2.34. The summed E-state index contributed by atoms with van der Waals surface area (Å²) in [5.74, 6) is -0.534. The third-order valence-electron chi connectivity index (χ3n) is 6.90. The zero-order valence-electron chi connectivity index (χ0n) is 24.7. The standard InChI is InChI=1S/C29H33ClF4N6O3Si/c1-18(38-24-16-37-40(17-43-10-11-44(2,3)4)28(42)25(24)29(32,33)34)6-5-8-39-9-7-19-12-22(23(31)13-21(19)27(39)41)26-35-14-20(30)15-36-26/h7,9,12-16,18,38H,5-6,8,10-11,17H2,1-4H3. The number of nitrogens with zero attached hydrogens (tertiary/aromatic N) is 5. The van der Waals surface area contributed by atoms with Gasteiger partial charge in [0, 0.05) is 45.9 Å². The van der Waals surface area contributed by atoms with E-state index in [4.69, 9.17) is 16.3 Å². The first kappa shape index (κ1) is 33.3. The number of hydrogen-bond acceptors (Lipinski definition) is 7. The number of pyridine rings is 1. The number of anilines is 1. The molecule has 1 atom stereocenters. The fraction of sp³-hybridized carbons (Fsp3) is 0.414. The zero-order valence-corrected chi connectivity index (χ0v) is 26.5. The Morgan fingerprint density at radius 2 is 1.80 bits per heavy atom. The molecule has 236 valence electrons. The summed E-state index contributed by atoms with van der Waals surface area (Å²) in [6, 6.07) is 4.61. The predicted molar refractivity (Wildman–Crippen MR) is 164 cm³/mol. The van der Waals surface area contributed by atoms with Crippen molar-refractivity contribution in [2.45, 2.75) is 70.9 Å². The molecule has 1 unspecified atom stereocenters. The molecule has 44 heavy (non-hydrogen) atoms. The minimum Gasteiger partial charge on any atom is -0.381 e. The van der Waals surface area contributed by atoms with Gasteiger partial charge < -0.3 is 14.6 Å². The highest BCUT2D eigenvalue weighted by Crippen LogP contribution is 2.32. The van der Waals surface area contributed by atoms with Gasteiger partial charge in [0.1, 0.15) is 18.1 Å². The van der Waals surface area contributed by atoms with Crippen molar-refractivity contribution in [1.29, 1.82) is 0 Å². The maximum Gasteiger partial charge on any atom is 0.423 e. The molecule has 0 saturated heterocycles. The summed E-state index contributed by atoms with van der Waals surface area (Å²) in [5, 5.41) is 7.60. The van der Waals surface area contributed by atoms with E-state index in [0.717, 1.165) is 18.3 Å². The molecule has 0 fully saturated rings. The summed E-state index contributed by atoms with van der Waals surface area (Å²) < 4.78 is 64.1. The lowest BCUT2D eigenvalue weighted by Gasteiger charge is -2.20. The van der Waals surface area contributed by atoms with Gasteiger partial charge in [-0.2, -0.15) is 18.3 Å². The van der Waals surface area contributed by atoms with Crippen molar-refractivity contribution in [1.82, 2.24) is 24.3 Å². The van der Waals surface area contributed by atoms with Gasteiger partial charge in [-0.1, -0.05) is 31.2 Å². The van der Waals surface area contributed by atoms with E-state index in [9.17, 15) is 27.2 Å². The van der Waals surface area contributed by atoms with Gasteiger partial charge in [-0.3, -0.25) is 9.59 Å². The highest BCUT2D eigenvalue weighted by atomic mass is 35.5. The lowest BCUT2D eigenvalue weighted by molar-refractivity contribution is -0.138. The number of fused-ring (bicyclic) bond motifs is 1. The van der Waals surface area contributed by atoms with Crippen LogP contribution in [0, 0.1) is 5.82 Å². The van der Waals surface area contributed by atoms with Crippen LogP contribution in [0.3, 0.4) is 0 Å². The number of aryl methyl sites for hydroxylation is 1. The van der Waals surface area contributed by atoms with Gasteiger partial charge in [0.2, 0.25) is 0 Å². The van der Waals surface area contributed by atoms with E-state index >= 15 is 0 Å². The van der Waals surface area contributed by atoms with Gasteiger partial charge in [0.05, 0.1) is 27.9 Å². The molecule has 0 bridgehead atoms. The Labute approximate surface area is 256 Å². The minimum absolute atomic E-state index is 0.126. The number of benzene rings is 1. The Balaban J connectivity index is 1.42. The van der Waals surface area contributed by atoms with E-state index in [0.29, 0.717) is 34.5 Å². The van der Waals surface area contributed by atoms with Crippen molar-refractivity contribution >= 4 is 36.1 Å². The number of nitrogens with one attached hydrogen (secondary N) is 1. The van der Waals surface area contributed by atoms with Crippen molar-refractivity contribution in [3.05, 3.63) is 80.1 Å².